The van der Waals surface area contributed by atoms with E-state index in [0.717, 1.165) is 0 Å². The van der Waals surface area contributed by atoms with Gasteiger partial charge in [-0.3, -0.25) is 14.9 Å². The third-order valence-electron chi connectivity index (χ3n) is 2.27. The first kappa shape index (κ1) is 13.7. The second kappa shape index (κ2) is 5.81. The molecule has 0 saturated carbocycles. The van der Waals surface area contributed by atoms with Gasteiger partial charge in [0.2, 0.25) is 5.91 Å². The highest BCUT2D eigenvalue weighted by Gasteiger charge is 2.09. The Balaban J connectivity index is 3.09. The lowest BCUT2D eigenvalue weighted by Gasteiger charge is -2.07. The van der Waals surface area contributed by atoms with Gasteiger partial charge in [-0.1, -0.05) is 0 Å². The molecule has 0 aliphatic rings. The number of nitrogens with zero attached hydrogens (tertiary/aromatic N) is 2. The van der Waals surface area contributed by atoms with Crippen molar-refractivity contribution in [2.45, 2.75) is 0 Å². The average molecular weight is 250 g/mol. The van der Waals surface area contributed by atoms with Gasteiger partial charge in [0.05, 0.1) is 12.0 Å². The van der Waals surface area contributed by atoms with Crippen molar-refractivity contribution >= 4 is 17.7 Å². The van der Waals surface area contributed by atoms with Crippen molar-refractivity contribution in [3.63, 3.8) is 0 Å². The molecule has 6 heteroatoms. The molecule has 96 valence electrons. The number of rotatable bonds is 4. The molecule has 0 aromatic heterocycles. The smallest absolute Gasteiger partial charge is 0.270 e. The SMILES string of the molecule is COc1ccc([N+](=O)[O-])cc1/C=C/C(=O)N(C)C. The van der Waals surface area contributed by atoms with Gasteiger partial charge >= 0.3 is 0 Å². The van der Waals surface area contributed by atoms with Gasteiger partial charge < -0.3 is 9.64 Å². The first-order chi connectivity index (χ1) is 8.45. The molecule has 0 unspecified atom stereocenters. The lowest BCUT2D eigenvalue weighted by Crippen LogP contribution is -2.18. The van der Waals surface area contributed by atoms with Crippen LogP contribution >= 0.6 is 0 Å². The Bertz CT molecular complexity index is 495. The topological polar surface area (TPSA) is 72.7 Å². The molecular weight excluding hydrogens is 236 g/mol. The van der Waals surface area contributed by atoms with Gasteiger partial charge in [-0.05, 0) is 12.1 Å². The molecule has 1 rings (SSSR count). The second-order valence-corrected chi connectivity index (χ2v) is 3.75. The van der Waals surface area contributed by atoms with Crippen LogP contribution in [0.3, 0.4) is 0 Å². The van der Waals surface area contributed by atoms with Crippen LogP contribution in [0.2, 0.25) is 0 Å². The van der Waals surface area contributed by atoms with E-state index in [1.165, 1.54) is 42.4 Å². The van der Waals surface area contributed by atoms with E-state index in [4.69, 9.17) is 4.74 Å². The Labute approximate surface area is 105 Å². The Morgan fingerprint density at radius 1 is 1.44 bits per heavy atom. The number of carbonyl (C=O) groups excluding carboxylic acids is 1. The lowest BCUT2D eigenvalue weighted by atomic mass is 10.1. The molecule has 0 atom stereocenters. The number of methoxy groups -OCH3 is 1. The van der Waals surface area contributed by atoms with Gasteiger partial charge in [0.15, 0.2) is 0 Å². The van der Waals surface area contributed by atoms with Crippen molar-refractivity contribution in [1.82, 2.24) is 4.90 Å². The summed E-state index contributed by atoms with van der Waals surface area (Å²) in [4.78, 5) is 23.0. The van der Waals surface area contributed by atoms with Gasteiger partial charge in [0.25, 0.3) is 5.69 Å². The second-order valence-electron chi connectivity index (χ2n) is 3.75. The molecule has 1 aromatic carbocycles. The normalized spacial score (nSPS) is 10.4. The first-order valence-corrected chi connectivity index (χ1v) is 5.17. The highest BCUT2D eigenvalue weighted by Crippen LogP contribution is 2.25. The number of likely N-dealkylation sites (N-methyl/N-ethyl adjacent to an activating group) is 1. The molecule has 0 fully saturated rings. The molecule has 0 bridgehead atoms. The molecule has 0 saturated heterocycles. The Morgan fingerprint density at radius 3 is 2.61 bits per heavy atom. The van der Waals surface area contributed by atoms with Gasteiger partial charge in [0.1, 0.15) is 5.75 Å². The minimum absolute atomic E-state index is 0.0484. The van der Waals surface area contributed by atoms with Crippen molar-refractivity contribution in [2.75, 3.05) is 21.2 Å². The summed E-state index contributed by atoms with van der Waals surface area (Å²) in [6.45, 7) is 0. The van der Waals surface area contributed by atoms with Gasteiger partial charge in [0, 0.05) is 37.9 Å². The molecular formula is C12H14N2O4. The number of hydrogen-bond acceptors (Lipinski definition) is 4. The number of nitro groups is 1. The van der Waals surface area contributed by atoms with Crippen LogP contribution in [0.25, 0.3) is 6.08 Å². The molecule has 0 spiro atoms. The number of nitro benzene ring substituents is 1. The highest BCUT2D eigenvalue weighted by molar-refractivity contribution is 5.91. The molecule has 0 heterocycles. The predicted octanol–water partition coefficient (Wildman–Crippen LogP) is 1.70. The monoisotopic (exact) mass is 250 g/mol. The largest absolute Gasteiger partial charge is 0.496 e. The summed E-state index contributed by atoms with van der Waals surface area (Å²) in [5.74, 6) is 0.270. The lowest BCUT2D eigenvalue weighted by molar-refractivity contribution is -0.384. The molecule has 0 aliphatic carbocycles. The van der Waals surface area contributed by atoms with Gasteiger partial charge in [-0.25, -0.2) is 0 Å². The summed E-state index contributed by atoms with van der Waals surface area (Å²) in [6, 6.07) is 4.21. The number of non-ortho nitro benzene ring substituents is 1. The van der Waals surface area contributed by atoms with E-state index in [1.54, 1.807) is 14.1 Å². The minimum atomic E-state index is -0.495. The van der Waals surface area contributed by atoms with Crippen molar-refractivity contribution in [1.29, 1.82) is 0 Å². The Morgan fingerprint density at radius 2 is 2.11 bits per heavy atom. The number of amides is 1. The maximum Gasteiger partial charge on any atom is 0.270 e. The number of carbonyl (C=O) groups is 1. The van der Waals surface area contributed by atoms with Crippen LogP contribution in [0.1, 0.15) is 5.56 Å². The summed E-state index contributed by atoms with van der Waals surface area (Å²) >= 11 is 0. The van der Waals surface area contributed by atoms with Crippen molar-refractivity contribution in [3.8, 4) is 5.75 Å². The molecule has 0 aliphatic heterocycles. The van der Waals surface area contributed by atoms with E-state index in [9.17, 15) is 14.9 Å². The van der Waals surface area contributed by atoms with Crippen LogP contribution in [-0.4, -0.2) is 36.9 Å². The fourth-order valence-corrected chi connectivity index (χ4v) is 1.28. The standard InChI is InChI=1S/C12H14N2O4/c1-13(2)12(15)7-4-9-8-10(14(16)17)5-6-11(9)18-3/h4-8H,1-3H3/b7-4+. The number of hydrogen-bond donors (Lipinski definition) is 0. The molecule has 1 aromatic rings. The van der Waals surface area contributed by atoms with E-state index in [2.05, 4.69) is 0 Å². The van der Waals surface area contributed by atoms with E-state index in [1.807, 2.05) is 0 Å². The third-order valence-corrected chi connectivity index (χ3v) is 2.27. The molecule has 18 heavy (non-hydrogen) atoms. The van der Waals surface area contributed by atoms with E-state index < -0.39 is 4.92 Å². The Hall–Kier alpha value is -2.37. The summed E-state index contributed by atoms with van der Waals surface area (Å²) in [5.41, 5.74) is 0.439. The van der Waals surface area contributed by atoms with Crippen LogP contribution in [0.5, 0.6) is 5.75 Å². The number of ether oxygens (including phenoxy) is 1. The predicted molar refractivity (Wildman–Crippen MR) is 67.4 cm³/mol. The fraction of sp³-hybridized carbons (Fsp3) is 0.250. The average Bonchev–Trinajstić information content (AvgIpc) is 2.35. The van der Waals surface area contributed by atoms with Gasteiger partial charge in [-0.15, -0.1) is 0 Å². The third kappa shape index (κ3) is 3.31. The van der Waals surface area contributed by atoms with Crippen LogP contribution in [0.15, 0.2) is 24.3 Å². The number of benzene rings is 1. The summed E-state index contributed by atoms with van der Waals surface area (Å²) in [7, 11) is 4.71. The zero-order valence-electron chi connectivity index (χ0n) is 10.4. The van der Waals surface area contributed by atoms with Crippen LogP contribution in [0.4, 0.5) is 5.69 Å². The maximum atomic E-state index is 11.4. The van der Waals surface area contributed by atoms with E-state index >= 15 is 0 Å². The summed E-state index contributed by atoms with van der Waals surface area (Å²) in [6.07, 6.45) is 2.83. The molecule has 6 nitrogen and oxygen atoms in total. The fourth-order valence-electron chi connectivity index (χ4n) is 1.28. The molecule has 0 radical (unpaired) electrons. The molecule has 0 N–H and O–H groups in total. The summed E-state index contributed by atoms with van der Waals surface area (Å²) < 4.78 is 5.07. The zero-order valence-corrected chi connectivity index (χ0v) is 10.4. The quantitative estimate of drug-likeness (QED) is 0.463. The van der Waals surface area contributed by atoms with Crippen molar-refractivity contribution in [2.24, 2.45) is 0 Å². The first-order valence-electron chi connectivity index (χ1n) is 5.17. The van der Waals surface area contributed by atoms with Crippen LogP contribution in [0, 0.1) is 10.1 Å². The maximum absolute atomic E-state index is 11.4. The molecule has 1 amide bonds. The van der Waals surface area contributed by atoms with Crippen molar-refractivity contribution in [3.05, 3.63) is 40.0 Å². The van der Waals surface area contributed by atoms with Gasteiger partial charge in [-0.2, -0.15) is 0 Å². The minimum Gasteiger partial charge on any atom is -0.496 e. The van der Waals surface area contributed by atoms with Crippen LogP contribution < -0.4 is 4.74 Å². The summed E-state index contributed by atoms with van der Waals surface area (Å²) in [5, 5.41) is 10.7. The van der Waals surface area contributed by atoms with Crippen LogP contribution in [-0.2, 0) is 4.79 Å². The van der Waals surface area contributed by atoms with Crippen molar-refractivity contribution < 1.29 is 14.5 Å². The highest BCUT2D eigenvalue weighted by atomic mass is 16.6. The van der Waals surface area contributed by atoms with E-state index in [0.29, 0.717) is 11.3 Å². The zero-order chi connectivity index (χ0) is 13.7. The van der Waals surface area contributed by atoms with E-state index in [-0.39, 0.29) is 11.6 Å². The Kier molecular flexibility index (Phi) is 4.42.